The van der Waals surface area contributed by atoms with E-state index < -0.39 is 0 Å². The zero-order valence-electron chi connectivity index (χ0n) is 11.0. The summed E-state index contributed by atoms with van der Waals surface area (Å²) in [7, 11) is 3.43. The zero-order valence-corrected chi connectivity index (χ0v) is 11.0. The standard InChI is InChI=1S/C14H20N2O2/c1-15-11-7-9-16(10-8-11)13-6-4-3-5-12(13)14(17)18-2/h3-6,11,15H,7-10H2,1-2H3. The Hall–Kier alpha value is -1.55. The van der Waals surface area contributed by atoms with E-state index in [9.17, 15) is 4.79 Å². The number of esters is 1. The van der Waals surface area contributed by atoms with Crippen LogP contribution in [0.15, 0.2) is 24.3 Å². The number of benzene rings is 1. The average molecular weight is 248 g/mol. The maximum absolute atomic E-state index is 11.7. The highest BCUT2D eigenvalue weighted by atomic mass is 16.5. The molecule has 1 aromatic carbocycles. The first kappa shape index (κ1) is 12.9. The van der Waals surface area contributed by atoms with Crippen LogP contribution < -0.4 is 10.2 Å². The Morgan fingerprint density at radius 1 is 1.33 bits per heavy atom. The molecule has 1 aliphatic rings. The third-order valence-electron chi connectivity index (χ3n) is 3.55. The number of piperidine rings is 1. The summed E-state index contributed by atoms with van der Waals surface area (Å²) in [5.74, 6) is -0.263. The smallest absolute Gasteiger partial charge is 0.339 e. The number of methoxy groups -OCH3 is 1. The fourth-order valence-corrected chi connectivity index (χ4v) is 2.44. The minimum atomic E-state index is -0.263. The molecule has 98 valence electrons. The average Bonchev–Trinajstić information content (AvgIpc) is 2.46. The van der Waals surface area contributed by atoms with Crippen molar-refractivity contribution in [2.24, 2.45) is 0 Å². The number of rotatable bonds is 3. The molecule has 1 fully saturated rings. The van der Waals surface area contributed by atoms with Crippen molar-refractivity contribution in [2.45, 2.75) is 18.9 Å². The van der Waals surface area contributed by atoms with E-state index in [-0.39, 0.29) is 5.97 Å². The van der Waals surface area contributed by atoms with Crippen LogP contribution in [0.5, 0.6) is 0 Å². The molecule has 1 heterocycles. The summed E-state index contributed by atoms with van der Waals surface area (Å²) in [6.45, 7) is 1.94. The Kier molecular flexibility index (Phi) is 4.20. The van der Waals surface area contributed by atoms with Crippen molar-refractivity contribution >= 4 is 11.7 Å². The van der Waals surface area contributed by atoms with Gasteiger partial charge in [-0.3, -0.25) is 0 Å². The van der Waals surface area contributed by atoms with E-state index in [0.717, 1.165) is 31.6 Å². The summed E-state index contributed by atoms with van der Waals surface area (Å²) in [4.78, 5) is 14.0. The van der Waals surface area contributed by atoms with Crippen LogP contribution in [0.4, 0.5) is 5.69 Å². The van der Waals surface area contributed by atoms with Gasteiger partial charge in [-0.15, -0.1) is 0 Å². The third kappa shape index (κ3) is 2.64. The quantitative estimate of drug-likeness (QED) is 0.826. The molecule has 0 bridgehead atoms. The van der Waals surface area contributed by atoms with Crippen molar-refractivity contribution in [3.05, 3.63) is 29.8 Å². The first-order valence-electron chi connectivity index (χ1n) is 6.36. The highest BCUT2D eigenvalue weighted by Crippen LogP contribution is 2.24. The second-order valence-corrected chi connectivity index (χ2v) is 4.56. The van der Waals surface area contributed by atoms with Gasteiger partial charge in [0.05, 0.1) is 18.4 Å². The molecule has 18 heavy (non-hydrogen) atoms. The molecule has 0 atom stereocenters. The van der Waals surface area contributed by atoms with Crippen LogP contribution in [0.2, 0.25) is 0 Å². The van der Waals surface area contributed by atoms with Gasteiger partial charge in [-0.05, 0) is 32.0 Å². The van der Waals surface area contributed by atoms with Gasteiger partial charge in [0.25, 0.3) is 0 Å². The molecular weight excluding hydrogens is 228 g/mol. The van der Waals surface area contributed by atoms with Gasteiger partial charge in [0.15, 0.2) is 0 Å². The molecule has 0 aliphatic carbocycles. The van der Waals surface area contributed by atoms with Gasteiger partial charge in [-0.25, -0.2) is 4.79 Å². The molecule has 0 spiro atoms. The van der Waals surface area contributed by atoms with Crippen LogP contribution in [-0.2, 0) is 4.74 Å². The number of carbonyl (C=O) groups is 1. The van der Waals surface area contributed by atoms with Crippen molar-refractivity contribution in [3.8, 4) is 0 Å². The number of nitrogens with zero attached hydrogens (tertiary/aromatic N) is 1. The lowest BCUT2D eigenvalue weighted by Crippen LogP contribution is -2.41. The van der Waals surface area contributed by atoms with Crippen LogP contribution >= 0.6 is 0 Å². The first-order chi connectivity index (χ1) is 8.76. The molecule has 0 unspecified atom stereocenters. The summed E-state index contributed by atoms with van der Waals surface area (Å²) in [6.07, 6.45) is 2.21. The molecule has 4 nitrogen and oxygen atoms in total. The van der Waals surface area contributed by atoms with Crippen molar-refractivity contribution in [1.82, 2.24) is 5.32 Å². The predicted molar refractivity (Wildman–Crippen MR) is 72.1 cm³/mol. The highest BCUT2D eigenvalue weighted by molar-refractivity contribution is 5.95. The van der Waals surface area contributed by atoms with Crippen LogP contribution in [0.25, 0.3) is 0 Å². The summed E-state index contributed by atoms with van der Waals surface area (Å²) in [5.41, 5.74) is 1.64. The lowest BCUT2D eigenvalue weighted by molar-refractivity contribution is 0.0601. The number of para-hydroxylation sites is 1. The van der Waals surface area contributed by atoms with Gasteiger partial charge >= 0.3 is 5.97 Å². The Labute approximate surface area is 108 Å². The van der Waals surface area contributed by atoms with E-state index in [2.05, 4.69) is 10.2 Å². The Balaban J connectivity index is 2.16. The lowest BCUT2D eigenvalue weighted by Gasteiger charge is -2.34. The molecular formula is C14H20N2O2. The monoisotopic (exact) mass is 248 g/mol. The molecule has 0 amide bonds. The van der Waals surface area contributed by atoms with Gasteiger partial charge in [0.2, 0.25) is 0 Å². The Morgan fingerprint density at radius 2 is 2.00 bits per heavy atom. The van der Waals surface area contributed by atoms with Gasteiger partial charge in [0, 0.05) is 19.1 Å². The second-order valence-electron chi connectivity index (χ2n) is 4.56. The molecule has 0 radical (unpaired) electrons. The van der Waals surface area contributed by atoms with Crippen molar-refractivity contribution < 1.29 is 9.53 Å². The fraction of sp³-hybridized carbons (Fsp3) is 0.500. The summed E-state index contributed by atoms with van der Waals surface area (Å²) >= 11 is 0. The van der Waals surface area contributed by atoms with Crippen molar-refractivity contribution in [2.75, 3.05) is 32.1 Å². The van der Waals surface area contributed by atoms with Gasteiger partial charge in [-0.1, -0.05) is 12.1 Å². The molecule has 1 saturated heterocycles. The van der Waals surface area contributed by atoms with Gasteiger partial charge in [0.1, 0.15) is 0 Å². The number of anilines is 1. The van der Waals surface area contributed by atoms with E-state index in [1.165, 1.54) is 7.11 Å². The summed E-state index contributed by atoms with van der Waals surface area (Å²) in [5, 5.41) is 3.31. The molecule has 4 heteroatoms. The molecule has 2 rings (SSSR count). The maximum atomic E-state index is 11.7. The van der Waals surface area contributed by atoms with E-state index in [4.69, 9.17) is 4.74 Å². The fourth-order valence-electron chi connectivity index (χ4n) is 2.44. The second kappa shape index (κ2) is 5.87. The number of nitrogens with one attached hydrogen (secondary N) is 1. The van der Waals surface area contributed by atoms with Gasteiger partial charge in [-0.2, -0.15) is 0 Å². The maximum Gasteiger partial charge on any atom is 0.339 e. The first-order valence-corrected chi connectivity index (χ1v) is 6.36. The van der Waals surface area contributed by atoms with Crippen LogP contribution in [0.1, 0.15) is 23.2 Å². The Bertz CT molecular complexity index is 412. The minimum absolute atomic E-state index is 0.263. The number of ether oxygens (including phenoxy) is 1. The predicted octanol–water partition coefficient (Wildman–Crippen LogP) is 1.66. The SMILES string of the molecule is CNC1CCN(c2ccccc2C(=O)OC)CC1. The summed E-state index contributed by atoms with van der Waals surface area (Å²) in [6, 6.07) is 8.24. The van der Waals surface area contributed by atoms with E-state index in [1.807, 2.05) is 31.3 Å². The molecule has 0 saturated carbocycles. The normalized spacial score (nSPS) is 16.7. The van der Waals surface area contributed by atoms with E-state index >= 15 is 0 Å². The number of hydrogen-bond acceptors (Lipinski definition) is 4. The minimum Gasteiger partial charge on any atom is -0.465 e. The molecule has 1 aromatic rings. The van der Waals surface area contributed by atoms with Crippen molar-refractivity contribution in [3.63, 3.8) is 0 Å². The lowest BCUT2D eigenvalue weighted by atomic mass is 10.0. The Morgan fingerprint density at radius 3 is 2.61 bits per heavy atom. The zero-order chi connectivity index (χ0) is 13.0. The highest BCUT2D eigenvalue weighted by Gasteiger charge is 2.21. The topological polar surface area (TPSA) is 41.6 Å². The molecule has 1 aliphatic heterocycles. The number of hydrogen-bond donors (Lipinski definition) is 1. The van der Waals surface area contributed by atoms with Crippen LogP contribution in [0.3, 0.4) is 0 Å². The van der Waals surface area contributed by atoms with Crippen LogP contribution in [-0.4, -0.2) is 39.3 Å². The largest absolute Gasteiger partial charge is 0.465 e. The van der Waals surface area contributed by atoms with E-state index in [0.29, 0.717) is 11.6 Å². The molecule has 1 N–H and O–H groups in total. The van der Waals surface area contributed by atoms with E-state index in [1.54, 1.807) is 0 Å². The summed E-state index contributed by atoms with van der Waals surface area (Å²) < 4.78 is 4.83. The molecule has 0 aromatic heterocycles. The third-order valence-corrected chi connectivity index (χ3v) is 3.55. The number of carbonyl (C=O) groups excluding carboxylic acids is 1. The van der Waals surface area contributed by atoms with Crippen LogP contribution in [0, 0.1) is 0 Å². The van der Waals surface area contributed by atoms with Gasteiger partial charge < -0.3 is 15.0 Å². The van der Waals surface area contributed by atoms with Crippen molar-refractivity contribution in [1.29, 1.82) is 0 Å².